The van der Waals surface area contributed by atoms with Crippen molar-refractivity contribution in [3.63, 3.8) is 0 Å². The normalized spacial score (nSPS) is 19.0. The highest BCUT2D eigenvalue weighted by Crippen LogP contribution is 2.27. The van der Waals surface area contributed by atoms with Gasteiger partial charge in [0.05, 0.1) is 12.1 Å². The van der Waals surface area contributed by atoms with E-state index in [1.54, 1.807) is 0 Å². The second kappa shape index (κ2) is 7.92. The summed E-state index contributed by atoms with van der Waals surface area (Å²) in [6, 6.07) is 10.4. The van der Waals surface area contributed by atoms with E-state index in [0.29, 0.717) is 0 Å². The molecule has 0 heterocycles. The lowest BCUT2D eigenvalue weighted by molar-refractivity contribution is 0.112. The zero-order valence-electron chi connectivity index (χ0n) is 13.5. The topological polar surface area (TPSA) is 35.5 Å². The van der Waals surface area contributed by atoms with Crippen LogP contribution >= 0.6 is 0 Å². The van der Waals surface area contributed by atoms with Gasteiger partial charge >= 0.3 is 0 Å². The maximum atomic E-state index is 10.1. The molecule has 2 rings (SSSR count). The number of nitrogens with zero attached hydrogens (tertiary/aromatic N) is 1. The second-order valence-electron chi connectivity index (χ2n) is 6.48. The minimum atomic E-state index is -0.358. The highest BCUT2D eigenvalue weighted by atomic mass is 16.3. The Morgan fingerprint density at radius 1 is 1.24 bits per heavy atom. The van der Waals surface area contributed by atoms with E-state index < -0.39 is 0 Å². The van der Waals surface area contributed by atoms with Crippen molar-refractivity contribution < 1.29 is 5.11 Å². The summed E-state index contributed by atoms with van der Waals surface area (Å²) < 4.78 is 0. The Labute approximate surface area is 129 Å². The van der Waals surface area contributed by atoms with Gasteiger partial charge in [0.25, 0.3) is 0 Å². The van der Waals surface area contributed by atoms with Gasteiger partial charge in [-0.1, -0.05) is 50.1 Å². The van der Waals surface area contributed by atoms with Gasteiger partial charge in [-0.3, -0.25) is 0 Å². The first kappa shape index (κ1) is 16.5. The molecule has 21 heavy (non-hydrogen) atoms. The van der Waals surface area contributed by atoms with Crippen LogP contribution in [0.15, 0.2) is 30.3 Å². The van der Waals surface area contributed by atoms with Crippen LogP contribution in [0.5, 0.6) is 0 Å². The van der Waals surface area contributed by atoms with E-state index in [-0.39, 0.29) is 12.1 Å². The van der Waals surface area contributed by atoms with Gasteiger partial charge in [0.15, 0.2) is 0 Å². The van der Waals surface area contributed by atoms with Gasteiger partial charge < -0.3 is 15.3 Å². The summed E-state index contributed by atoms with van der Waals surface area (Å²) in [5, 5.41) is 13.6. The Bertz CT molecular complexity index is 403. The standard InChI is InChI=1S/C18H30N2O/c1-3-19-18(15-21,17-11-5-4-6-12-17)14-20(2)13-16-9-7-8-10-16/h4-6,11-12,16,19,21H,3,7-10,13-15H2,1-2H3. The number of aliphatic hydroxyl groups excluding tert-OH is 1. The average molecular weight is 290 g/mol. The van der Waals surface area contributed by atoms with Gasteiger partial charge in [-0.2, -0.15) is 0 Å². The fourth-order valence-corrected chi connectivity index (χ4v) is 3.70. The molecule has 1 atom stereocenters. The summed E-state index contributed by atoms with van der Waals surface area (Å²) in [6.07, 6.45) is 5.50. The van der Waals surface area contributed by atoms with Gasteiger partial charge in [-0.25, -0.2) is 0 Å². The van der Waals surface area contributed by atoms with Crippen molar-refractivity contribution in [3.05, 3.63) is 35.9 Å². The molecular formula is C18H30N2O. The molecule has 1 aliphatic carbocycles. The molecule has 1 unspecified atom stereocenters. The predicted octanol–water partition coefficient (Wildman–Crippen LogP) is 2.61. The van der Waals surface area contributed by atoms with Crippen molar-refractivity contribution in [1.29, 1.82) is 0 Å². The third-order valence-corrected chi connectivity index (χ3v) is 4.70. The van der Waals surface area contributed by atoms with Crippen LogP contribution < -0.4 is 5.32 Å². The lowest BCUT2D eigenvalue weighted by atomic mass is 9.89. The molecule has 3 nitrogen and oxygen atoms in total. The number of hydrogen-bond acceptors (Lipinski definition) is 3. The van der Waals surface area contributed by atoms with Gasteiger partial charge in [0.2, 0.25) is 0 Å². The monoisotopic (exact) mass is 290 g/mol. The van der Waals surface area contributed by atoms with Crippen LogP contribution in [0.4, 0.5) is 0 Å². The number of aliphatic hydroxyl groups is 1. The quantitative estimate of drug-likeness (QED) is 0.772. The molecule has 0 saturated heterocycles. The lowest BCUT2D eigenvalue weighted by Gasteiger charge is -2.37. The first-order chi connectivity index (χ1) is 10.2. The molecule has 0 amide bonds. The molecule has 0 spiro atoms. The fourth-order valence-electron chi connectivity index (χ4n) is 3.70. The molecular weight excluding hydrogens is 260 g/mol. The Hall–Kier alpha value is -0.900. The van der Waals surface area contributed by atoms with Crippen LogP contribution in [0, 0.1) is 5.92 Å². The second-order valence-corrected chi connectivity index (χ2v) is 6.48. The Balaban J connectivity index is 2.08. The summed E-state index contributed by atoms with van der Waals surface area (Å²) in [5.41, 5.74) is 0.816. The average Bonchev–Trinajstić information content (AvgIpc) is 3.00. The third kappa shape index (κ3) is 4.29. The van der Waals surface area contributed by atoms with E-state index in [9.17, 15) is 5.11 Å². The first-order valence-corrected chi connectivity index (χ1v) is 8.30. The van der Waals surface area contributed by atoms with Crippen molar-refractivity contribution in [2.45, 2.75) is 38.1 Å². The Morgan fingerprint density at radius 2 is 1.90 bits per heavy atom. The molecule has 3 heteroatoms. The zero-order chi connectivity index (χ0) is 15.1. The first-order valence-electron chi connectivity index (χ1n) is 8.30. The van der Waals surface area contributed by atoms with Crippen molar-refractivity contribution in [3.8, 4) is 0 Å². The lowest BCUT2D eigenvalue weighted by Crippen LogP contribution is -2.53. The minimum Gasteiger partial charge on any atom is -0.394 e. The number of hydrogen-bond donors (Lipinski definition) is 2. The van der Waals surface area contributed by atoms with Crippen molar-refractivity contribution in [2.75, 3.05) is 33.3 Å². The van der Waals surface area contributed by atoms with Crippen LogP contribution in [0.25, 0.3) is 0 Å². The summed E-state index contributed by atoms with van der Waals surface area (Å²) >= 11 is 0. The number of benzene rings is 1. The maximum Gasteiger partial charge on any atom is 0.0797 e. The smallest absolute Gasteiger partial charge is 0.0797 e. The fraction of sp³-hybridized carbons (Fsp3) is 0.667. The van der Waals surface area contributed by atoms with Crippen LogP contribution in [-0.4, -0.2) is 43.3 Å². The number of nitrogens with one attached hydrogen (secondary N) is 1. The van der Waals surface area contributed by atoms with E-state index in [1.165, 1.54) is 31.2 Å². The molecule has 1 aliphatic rings. The van der Waals surface area contributed by atoms with Gasteiger partial charge in [-0.15, -0.1) is 0 Å². The molecule has 1 fully saturated rings. The summed E-state index contributed by atoms with van der Waals surface area (Å²) in [5.74, 6) is 0.837. The highest BCUT2D eigenvalue weighted by molar-refractivity contribution is 5.25. The molecule has 118 valence electrons. The van der Waals surface area contributed by atoms with Crippen molar-refractivity contribution >= 4 is 0 Å². The molecule has 0 aromatic heterocycles. The van der Waals surface area contributed by atoms with E-state index in [0.717, 1.165) is 25.6 Å². The van der Waals surface area contributed by atoms with Crippen molar-refractivity contribution in [2.24, 2.45) is 5.92 Å². The zero-order valence-corrected chi connectivity index (χ0v) is 13.5. The van der Waals surface area contributed by atoms with E-state index in [2.05, 4.69) is 36.3 Å². The molecule has 0 aliphatic heterocycles. The summed E-state index contributed by atoms with van der Waals surface area (Å²) in [7, 11) is 2.18. The minimum absolute atomic E-state index is 0.125. The van der Waals surface area contributed by atoms with Gasteiger partial charge in [0, 0.05) is 13.1 Å². The van der Waals surface area contributed by atoms with E-state index >= 15 is 0 Å². The summed E-state index contributed by atoms with van der Waals surface area (Å²) in [6.45, 7) is 5.06. The maximum absolute atomic E-state index is 10.1. The Morgan fingerprint density at radius 3 is 2.48 bits per heavy atom. The molecule has 1 aromatic carbocycles. The highest BCUT2D eigenvalue weighted by Gasteiger charge is 2.32. The van der Waals surface area contributed by atoms with Gasteiger partial charge in [-0.05, 0) is 37.9 Å². The van der Waals surface area contributed by atoms with E-state index in [4.69, 9.17) is 0 Å². The van der Waals surface area contributed by atoms with Gasteiger partial charge in [0.1, 0.15) is 0 Å². The summed E-state index contributed by atoms with van der Waals surface area (Å²) in [4.78, 5) is 2.39. The molecule has 0 radical (unpaired) electrons. The number of likely N-dealkylation sites (N-methyl/N-ethyl adjacent to an activating group) is 2. The third-order valence-electron chi connectivity index (χ3n) is 4.70. The molecule has 1 saturated carbocycles. The van der Waals surface area contributed by atoms with Crippen molar-refractivity contribution in [1.82, 2.24) is 10.2 Å². The Kier molecular flexibility index (Phi) is 6.22. The van der Waals surface area contributed by atoms with Crippen LogP contribution in [0.2, 0.25) is 0 Å². The molecule has 0 bridgehead atoms. The molecule has 2 N–H and O–H groups in total. The van der Waals surface area contributed by atoms with Crippen LogP contribution in [-0.2, 0) is 5.54 Å². The largest absolute Gasteiger partial charge is 0.394 e. The van der Waals surface area contributed by atoms with Crippen LogP contribution in [0.1, 0.15) is 38.2 Å². The predicted molar refractivity (Wildman–Crippen MR) is 88.3 cm³/mol. The molecule has 1 aromatic rings. The van der Waals surface area contributed by atoms with E-state index in [1.807, 2.05) is 18.2 Å². The SMILES string of the molecule is CCNC(CO)(CN(C)CC1CCCC1)c1ccccc1. The number of rotatable bonds is 8. The van der Waals surface area contributed by atoms with Crippen LogP contribution in [0.3, 0.4) is 0 Å².